The van der Waals surface area contributed by atoms with Crippen molar-refractivity contribution in [1.82, 2.24) is 5.43 Å². The van der Waals surface area contributed by atoms with Gasteiger partial charge in [0.1, 0.15) is 6.61 Å². The van der Waals surface area contributed by atoms with Crippen LogP contribution in [0.2, 0.25) is 10.0 Å². The van der Waals surface area contributed by atoms with E-state index in [-0.39, 0.29) is 5.91 Å². The van der Waals surface area contributed by atoms with Gasteiger partial charge in [-0.2, -0.15) is 5.10 Å². The summed E-state index contributed by atoms with van der Waals surface area (Å²) in [5, 5.41) is 5.19. The maximum absolute atomic E-state index is 12.0. The van der Waals surface area contributed by atoms with Crippen molar-refractivity contribution in [2.45, 2.75) is 6.61 Å². The molecule has 3 aromatic carbocycles. The van der Waals surface area contributed by atoms with Gasteiger partial charge in [0.2, 0.25) is 0 Å². The molecule has 148 valence electrons. The molecule has 0 unspecified atom stereocenters. The molecular weight excluding hydrogens is 411 g/mol. The highest BCUT2D eigenvalue weighted by Crippen LogP contribution is 2.29. The topological polar surface area (TPSA) is 59.9 Å². The molecule has 3 aromatic rings. The van der Waals surface area contributed by atoms with Crippen LogP contribution in [0.4, 0.5) is 0 Å². The van der Waals surface area contributed by atoms with Crippen LogP contribution in [0.25, 0.3) is 0 Å². The molecule has 29 heavy (non-hydrogen) atoms. The molecule has 1 amide bonds. The Labute approximate surface area is 178 Å². The molecule has 7 heteroatoms. The number of hydrogen-bond donors (Lipinski definition) is 1. The maximum Gasteiger partial charge on any atom is 0.271 e. The van der Waals surface area contributed by atoms with Crippen molar-refractivity contribution in [1.29, 1.82) is 0 Å². The molecule has 0 heterocycles. The Kier molecular flexibility index (Phi) is 7.11. The zero-order chi connectivity index (χ0) is 20.6. The van der Waals surface area contributed by atoms with Gasteiger partial charge in [-0.1, -0.05) is 41.4 Å². The van der Waals surface area contributed by atoms with Gasteiger partial charge >= 0.3 is 0 Å². The lowest BCUT2D eigenvalue weighted by Gasteiger charge is -2.12. The zero-order valence-electron chi connectivity index (χ0n) is 15.6. The molecule has 0 aromatic heterocycles. The van der Waals surface area contributed by atoms with Gasteiger partial charge in [0.15, 0.2) is 11.5 Å². The molecule has 0 saturated heterocycles. The van der Waals surface area contributed by atoms with Crippen LogP contribution in [-0.2, 0) is 6.61 Å². The van der Waals surface area contributed by atoms with Crippen LogP contribution < -0.4 is 14.9 Å². The van der Waals surface area contributed by atoms with E-state index in [1.807, 2.05) is 30.3 Å². The highest BCUT2D eigenvalue weighted by Gasteiger charge is 2.08. The first-order valence-corrected chi connectivity index (χ1v) is 9.45. The summed E-state index contributed by atoms with van der Waals surface area (Å²) < 4.78 is 11.2. The average molecular weight is 429 g/mol. The van der Waals surface area contributed by atoms with Crippen LogP contribution in [-0.4, -0.2) is 19.2 Å². The van der Waals surface area contributed by atoms with E-state index in [0.717, 1.165) is 11.1 Å². The highest BCUT2D eigenvalue weighted by molar-refractivity contribution is 6.31. The van der Waals surface area contributed by atoms with E-state index in [0.29, 0.717) is 33.7 Å². The maximum atomic E-state index is 12.0. The number of carbonyl (C=O) groups is 1. The van der Waals surface area contributed by atoms with Gasteiger partial charge in [0, 0.05) is 21.2 Å². The number of benzene rings is 3. The molecule has 0 atom stereocenters. The van der Waals surface area contributed by atoms with Crippen molar-refractivity contribution in [3.05, 3.63) is 93.5 Å². The van der Waals surface area contributed by atoms with Crippen molar-refractivity contribution >= 4 is 35.3 Å². The summed E-state index contributed by atoms with van der Waals surface area (Å²) in [6, 6.07) is 19.4. The van der Waals surface area contributed by atoms with E-state index >= 15 is 0 Å². The smallest absolute Gasteiger partial charge is 0.271 e. The Hall–Kier alpha value is -3.02. The minimum Gasteiger partial charge on any atom is -0.493 e. The van der Waals surface area contributed by atoms with E-state index in [1.54, 1.807) is 43.5 Å². The Bertz CT molecular complexity index is 1020. The summed E-state index contributed by atoms with van der Waals surface area (Å²) in [5.74, 6) is 0.796. The summed E-state index contributed by atoms with van der Waals surface area (Å²) in [6.45, 7) is 0.320. The Morgan fingerprint density at radius 1 is 1.03 bits per heavy atom. The molecule has 0 aliphatic heterocycles. The third-order valence-electron chi connectivity index (χ3n) is 4.01. The number of hydrazone groups is 1. The molecule has 0 bridgehead atoms. The first-order valence-electron chi connectivity index (χ1n) is 8.70. The van der Waals surface area contributed by atoms with Crippen LogP contribution in [0.3, 0.4) is 0 Å². The van der Waals surface area contributed by atoms with Crippen LogP contribution >= 0.6 is 23.2 Å². The third kappa shape index (κ3) is 5.73. The lowest BCUT2D eigenvalue weighted by atomic mass is 10.2. The molecule has 0 spiro atoms. The fourth-order valence-electron chi connectivity index (χ4n) is 2.49. The Morgan fingerprint density at radius 3 is 2.52 bits per heavy atom. The summed E-state index contributed by atoms with van der Waals surface area (Å²) >= 11 is 12.0. The van der Waals surface area contributed by atoms with Crippen LogP contribution in [0, 0.1) is 0 Å². The molecule has 3 rings (SSSR count). The van der Waals surface area contributed by atoms with Crippen LogP contribution in [0.15, 0.2) is 71.8 Å². The molecule has 0 fully saturated rings. The SMILES string of the molecule is COc1cc(/C=N/NC(=O)c2ccc(Cl)cc2)ccc1OCc1ccccc1Cl. The van der Waals surface area contributed by atoms with E-state index in [2.05, 4.69) is 10.5 Å². The predicted molar refractivity (Wildman–Crippen MR) is 115 cm³/mol. The van der Waals surface area contributed by atoms with Gasteiger partial charge < -0.3 is 9.47 Å². The number of nitrogens with one attached hydrogen (secondary N) is 1. The largest absolute Gasteiger partial charge is 0.493 e. The lowest BCUT2D eigenvalue weighted by molar-refractivity contribution is 0.0955. The van der Waals surface area contributed by atoms with Crippen LogP contribution in [0.1, 0.15) is 21.5 Å². The van der Waals surface area contributed by atoms with Crippen molar-refractivity contribution in [2.75, 3.05) is 7.11 Å². The molecule has 0 aliphatic carbocycles. The predicted octanol–water partition coefficient (Wildman–Crippen LogP) is 5.34. The lowest BCUT2D eigenvalue weighted by Crippen LogP contribution is -2.17. The average Bonchev–Trinajstić information content (AvgIpc) is 2.74. The van der Waals surface area contributed by atoms with Crippen molar-refractivity contribution < 1.29 is 14.3 Å². The molecule has 0 aliphatic rings. The summed E-state index contributed by atoms with van der Waals surface area (Å²) in [4.78, 5) is 12.0. The summed E-state index contributed by atoms with van der Waals surface area (Å²) in [5.41, 5.74) is 4.56. The van der Waals surface area contributed by atoms with E-state index < -0.39 is 0 Å². The molecule has 0 radical (unpaired) electrons. The van der Waals surface area contributed by atoms with E-state index in [1.165, 1.54) is 6.21 Å². The number of ether oxygens (including phenoxy) is 2. The van der Waals surface area contributed by atoms with Gasteiger partial charge in [-0.05, 0) is 54.1 Å². The number of rotatable bonds is 7. The molecule has 1 N–H and O–H groups in total. The first kappa shape index (κ1) is 20.7. The van der Waals surface area contributed by atoms with Gasteiger partial charge in [0.25, 0.3) is 5.91 Å². The number of methoxy groups -OCH3 is 1. The fraction of sp³-hybridized carbons (Fsp3) is 0.0909. The summed E-state index contributed by atoms with van der Waals surface area (Å²) in [6.07, 6.45) is 1.52. The van der Waals surface area contributed by atoms with Crippen molar-refractivity contribution in [2.24, 2.45) is 5.10 Å². The summed E-state index contributed by atoms with van der Waals surface area (Å²) in [7, 11) is 1.56. The number of nitrogens with zero attached hydrogens (tertiary/aromatic N) is 1. The van der Waals surface area contributed by atoms with Gasteiger partial charge in [-0.3, -0.25) is 4.79 Å². The number of hydrogen-bond acceptors (Lipinski definition) is 4. The Balaban J connectivity index is 1.63. The second-order valence-corrected chi connectivity index (χ2v) is 6.84. The number of amides is 1. The second-order valence-electron chi connectivity index (χ2n) is 6.00. The number of halogens is 2. The van der Waals surface area contributed by atoms with Gasteiger partial charge in [-0.15, -0.1) is 0 Å². The second kappa shape index (κ2) is 9.96. The monoisotopic (exact) mass is 428 g/mol. The quantitative estimate of drug-likeness (QED) is 0.407. The zero-order valence-corrected chi connectivity index (χ0v) is 17.1. The van der Waals surface area contributed by atoms with Crippen molar-refractivity contribution in [3.63, 3.8) is 0 Å². The third-order valence-corrected chi connectivity index (χ3v) is 4.64. The first-order chi connectivity index (χ1) is 14.1. The van der Waals surface area contributed by atoms with Crippen LogP contribution in [0.5, 0.6) is 11.5 Å². The van der Waals surface area contributed by atoms with Gasteiger partial charge in [0.05, 0.1) is 13.3 Å². The minimum atomic E-state index is -0.329. The fourth-order valence-corrected chi connectivity index (χ4v) is 2.80. The molecular formula is C22H18Cl2N2O3. The van der Waals surface area contributed by atoms with E-state index in [9.17, 15) is 4.79 Å². The number of carbonyl (C=O) groups excluding carboxylic acids is 1. The normalized spacial score (nSPS) is 10.7. The molecule has 0 saturated carbocycles. The Morgan fingerprint density at radius 2 is 1.79 bits per heavy atom. The highest BCUT2D eigenvalue weighted by atomic mass is 35.5. The van der Waals surface area contributed by atoms with Crippen molar-refractivity contribution in [3.8, 4) is 11.5 Å². The van der Waals surface area contributed by atoms with E-state index in [4.69, 9.17) is 32.7 Å². The molecule has 5 nitrogen and oxygen atoms in total. The standard InChI is InChI=1S/C22H18Cl2N2O3/c1-28-21-12-15(13-25-26-22(27)16-7-9-18(23)10-8-16)6-11-20(21)29-14-17-4-2-3-5-19(17)24/h2-13H,14H2,1H3,(H,26,27)/b25-13+. The van der Waals surface area contributed by atoms with Gasteiger partial charge in [-0.25, -0.2) is 5.43 Å². The minimum absolute atomic E-state index is 0.320.